The van der Waals surface area contributed by atoms with E-state index in [1.54, 1.807) is 19.4 Å². The van der Waals surface area contributed by atoms with Crippen LogP contribution in [0, 0.1) is 0 Å². The number of aliphatic carboxylic acids is 1. The molecule has 1 aromatic heterocycles. The van der Waals surface area contributed by atoms with Gasteiger partial charge >= 0.3 is 5.97 Å². The van der Waals surface area contributed by atoms with E-state index in [9.17, 15) is 4.79 Å². The minimum absolute atomic E-state index is 0.0656. The van der Waals surface area contributed by atoms with Crippen molar-refractivity contribution in [3.8, 4) is 0 Å². The molecule has 2 heterocycles. The van der Waals surface area contributed by atoms with Crippen molar-refractivity contribution in [2.75, 3.05) is 25.5 Å². The summed E-state index contributed by atoms with van der Waals surface area (Å²) in [6, 6.07) is 0.0758. The standard InChI is InChI=1S/C11H16N4O2/c1-12-10-6-13-5-8(14-10)9-3-2-4-15(9)7-11(16)17/h5-6,9H,2-4,7H2,1H3,(H,12,14)(H,16,17). The Morgan fingerprint density at radius 2 is 2.47 bits per heavy atom. The molecule has 92 valence electrons. The monoisotopic (exact) mass is 236 g/mol. The molecule has 0 bridgehead atoms. The predicted octanol–water partition coefficient (Wildman–Crippen LogP) is 0.740. The number of hydrogen-bond acceptors (Lipinski definition) is 5. The summed E-state index contributed by atoms with van der Waals surface area (Å²) >= 11 is 0. The lowest BCUT2D eigenvalue weighted by Crippen LogP contribution is -2.29. The molecular weight excluding hydrogens is 220 g/mol. The molecule has 1 aliphatic heterocycles. The topological polar surface area (TPSA) is 78.4 Å². The summed E-state index contributed by atoms with van der Waals surface area (Å²) in [5, 5.41) is 11.8. The van der Waals surface area contributed by atoms with E-state index in [0.717, 1.165) is 25.1 Å². The Morgan fingerprint density at radius 1 is 1.65 bits per heavy atom. The van der Waals surface area contributed by atoms with E-state index >= 15 is 0 Å². The number of carbonyl (C=O) groups is 1. The van der Waals surface area contributed by atoms with Crippen molar-refractivity contribution in [1.82, 2.24) is 14.9 Å². The largest absolute Gasteiger partial charge is 0.480 e. The zero-order valence-electron chi connectivity index (χ0n) is 9.76. The Hall–Kier alpha value is -1.69. The fraction of sp³-hybridized carbons (Fsp3) is 0.545. The lowest BCUT2D eigenvalue weighted by molar-refractivity contribution is -0.138. The fourth-order valence-electron chi connectivity index (χ4n) is 2.19. The van der Waals surface area contributed by atoms with Gasteiger partial charge in [-0.05, 0) is 19.4 Å². The molecule has 0 spiro atoms. The fourth-order valence-corrected chi connectivity index (χ4v) is 2.19. The third-order valence-electron chi connectivity index (χ3n) is 2.95. The van der Waals surface area contributed by atoms with Crippen LogP contribution in [0.5, 0.6) is 0 Å². The van der Waals surface area contributed by atoms with Crippen LogP contribution in [0.25, 0.3) is 0 Å². The number of nitrogens with one attached hydrogen (secondary N) is 1. The van der Waals surface area contributed by atoms with Crippen LogP contribution < -0.4 is 5.32 Å². The highest BCUT2D eigenvalue weighted by Crippen LogP contribution is 2.30. The summed E-state index contributed by atoms with van der Waals surface area (Å²) in [5.41, 5.74) is 0.843. The van der Waals surface area contributed by atoms with Gasteiger partial charge in [-0.3, -0.25) is 14.7 Å². The molecule has 1 aromatic rings. The zero-order valence-corrected chi connectivity index (χ0v) is 9.76. The van der Waals surface area contributed by atoms with Crippen molar-refractivity contribution >= 4 is 11.8 Å². The van der Waals surface area contributed by atoms with Crippen molar-refractivity contribution in [2.24, 2.45) is 0 Å². The number of aromatic nitrogens is 2. The molecule has 1 saturated heterocycles. The smallest absolute Gasteiger partial charge is 0.317 e. The first-order valence-electron chi connectivity index (χ1n) is 5.66. The Balaban J connectivity index is 2.16. The van der Waals surface area contributed by atoms with Gasteiger partial charge in [-0.2, -0.15) is 0 Å². The highest BCUT2D eigenvalue weighted by Gasteiger charge is 2.28. The summed E-state index contributed by atoms with van der Waals surface area (Å²) in [6.07, 6.45) is 5.31. The molecule has 6 nitrogen and oxygen atoms in total. The molecule has 6 heteroatoms. The normalized spacial score (nSPS) is 20.4. The van der Waals surface area contributed by atoms with Crippen LogP contribution in [0.2, 0.25) is 0 Å². The summed E-state index contributed by atoms with van der Waals surface area (Å²) in [4.78, 5) is 21.2. The highest BCUT2D eigenvalue weighted by atomic mass is 16.4. The van der Waals surface area contributed by atoms with Gasteiger partial charge < -0.3 is 10.4 Å². The van der Waals surface area contributed by atoms with Crippen molar-refractivity contribution in [1.29, 1.82) is 0 Å². The molecule has 2 rings (SSSR count). The lowest BCUT2D eigenvalue weighted by atomic mass is 10.1. The second kappa shape index (κ2) is 5.09. The van der Waals surface area contributed by atoms with E-state index in [4.69, 9.17) is 5.11 Å². The summed E-state index contributed by atoms with van der Waals surface area (Å²) in [6.45, 7) is 0.874. The SMILES string of the molecule is CNc1cncc(C2CCCN2CC(=O)O)n1. The predicted molar refractivity (Wildman–Crippen MR) is 62.8 cm³/mol. The van der Waals surface area contributed by atoms with Crippen LogP contribution in [0.4, 0.5) is 5.82 Å². The summed E-state index contributed by atoms with van der Waals surface area (Å²) in [7, 11) is 1.79. The average Bonchev–Trinajstić information content (AvgIpc) is 2.76. The summed E-state index contributed by atoms with van der Waals surface area (Å²) in [5.74, 6) is -0.0840. The van der Waals surface area contributed by atoms with Crippen LogP contribution in [-0.4, -0.2) is 46.1 Å². The van der Waals surface area contributed by atoms with Gasteiger partial charge in [0.05, 0.1) is 30.7 Å². The van der Waals surface area contributed by atoms with Crippen molar-refractivity contribution in [3.05, 3.63) is 18.1 Å². The van der Waals surface area contributed by atoms with E-state index in [0.29, 0.717) is 5.82 Å². The molecule has 0 radical (unpaired) electrons. The maximum atomic E-state index is 10.8. The molecule has 0 aliphatic carbocycles. The van der Waals surface area contributed by atoms with Gasteiger partial charge in [-0.25, -0.2) is 4.98 Å². The molecule has 0 amide bonds. The molecule has 2 N–H and O–H groups in total. The van der Waals surface area contributed by atoms with Crippen LogP contribution >= 0.6 is 0 Å². The van der Waals surface area contributed by atoms with Crippen LogP contribution in [0.1, 0.15) is 24.6 Å². The number of hydrogen-bond donors (Lipinski definition) is 2. The van der Waals surface area contributed by atoms with Crippen molar-refractivity contribution < 1.29 is 9.90 Å². The Bertz CT molecular complexity index is 410. The second-order valence-electron chi connectivity index (χ2n) is 4.10. The van der Waals surface area contributed by atoms with E-state index in [-0.39, 0.29) is 12.6 Å². The van der Waals surface area contributed by atoms with Crippen molar-refractivity contribution in [3.63, 3.8) is 0 Å². The minimum atomic E-state index is -0.797. The number of likely N-dealkylation sites (tertiary alicyclic amines) is 1. The number of rotatable bonds is 4. The summed E-state index contributed by atoms with van der Waals surface area (Å²) < 4.78 is 0. The molecule has 1 fully saturated rings. The Labute approximate surface area is 99.7 Å². The molecule has 17 heavy (non-hydrogen) atoms. The maximum Gasteiger partial charge on any atom is 0.317 e. The first-order valence-corrected chi connectivity index (χ1v) is 5.66. The zero-order chi connectivity index (χ0) is 12.3. The van der Waals surface area contributed by atoms with Crippen LogP contribution in [-0.2, 0) is 4.79 Å². The maximum absolute atomic E-state index is 10.8. The molecule has 0 aromatic carbocycles. The van der Waals surface area contributed by atoms with E-state index in [2.05, 4.69) is 15.3 Å². The van der Waals surface area contributed by atoms with Gasteiger partial charge in [-0.1, -0.05) is 0 Å². The number of anilines is 1. The third kappa shape index (κ3) is 2.71. The molecule has 1 unspecified atom stereocenters. The van der Waals surface area contributed by atoms with Gasteiger partial charge in [-0.15, -0.1) is 0 Å². The quantitative estimate of drug-likeness (QED) is 0.802. The van der Waals surface area contributed by atoms with E-state index in [1.807, 2.05) is 4.90 Å². The highest BCUT2D eigenvalue weighted by molar-refractivity contribution is 5.69. The van der Waals surface area contributed by atoms with Crippen molar-refractivity contribution in [2.45, 2.75) is 18.9 Å². The molecule has 1 aliphatic rings. The lowest BCUT2D eigenvalue weighted by Gasteiger charge is -2.21. The second-order valence-corrected chi connectivity index (χ2v) is 4.10. The minimum Gasteiger partial charge on any atom is -0.480 e. The number of carboxylic acids is 1. The molecule has 0 saturated carbocycles. The molecule has 1 atom stereocenters. The van der Waals surface area contributed by atoms with Gasteiger partial charge in [0.25, 0.3) is 0 Å². The van der Waals surface area contributed by atoms with Gasteiger partial charge in [0.2, 0.25) is 0 Å². The van der Waals surface area contributed by atoms with E-state index in [1.165, 1.54) is 0 Å². The Kier molecular flexibility index (Phi) is 3.53. The average molecular weight is 236 g/mol. The van der Waals surface area contributed by atoms with Gasteiger partial charge in [0.1, 0.15) is 5.82 Å². The number of carboxylic acid groups (broad SMARTS) is 1. The molecular formula is C11H16N4O2. The third-order valence-corrected chi connectivity index (χ3v) is 2.95. The first-order chi connectivity index (χ1) is 8.20. The number of nitrogens with zero attached hydrogens (tertiary/aromatic N) is 3. The van der Waals surface area contributed by atoms with E-state index < -0.39 is 5.97 Å². The van der Waals surface area contributed by atoms with Gasteiger partial charge in [0, 0.05) is 7.05 Å². The van der Waals surface area contributed by atoms with Crippen LogP contribution in [0.3, 0.4) is 0 Å². The van der Waals surface area contributed by atoms with Crippen LogP contribution in [0.15, 0.2) is 12.4 Å². The first kappa shape index (κ1) is 11.8. The van der Waals surface area contributed by atoms with Gasteiger partial charge in [0.15, 0.2) is 0 Å². The Morgan fingerprint density at radius 3 is 3.18 bits per heavy atom.